The second-order valence-corrected chi connectivity index (χ2v) is 10.3. The lowest BCUT2D eigenvalue weighted by Gasteiger charge is -2.34. The minimum atomic E-state index is -4.83. The Kier molecular flexibility index (Phi) is 4.51. The summed E-state index contributed by atoms with van der Waals surface area (Å²) in [4.78, 5) is 40.5. The number of anilines is 1. The van der Waals surface area contributed by atoms with Gasteiger partial charge in [0.25, 0.3) is 0 Å². The smallest absolute Gasteiger partial charge is 0.410 e. The molecule has 3 amide bonds. The number of carbonyl (C=O) groups excluding carboxylic acids is 3. The zero-order valence-corrected chi connectivity index (χ0v) is 19.6. The number of benzene rings is 2. The maximum absolute atomic E-state index is 13.8. The number of para-hydroxylation sites is 1. The van der Waals surface area contributed by atoms with Crippen molar-refractivity contribution in [2.24, 2.45) is 17.3 Å². The van der Waals surface area contributed by atoms with Gasteiger partial charge in [-0.25, -0.2) is 9.69 Å². The van der Waals surface area contributed by atoms with Crippen LogP contribution in [0, 0.1) is 28.6 Å². The molecule has 2 bridgehead atoms. The van der Waals surface area contributed by atoms with Crippen molar-refractivity contribution in [3.8, 4) is 11.8 Å². The number of piperidine rings is 1. The molecule has 6 atom stereocenters. The van der Waals surface area contributed by atoms with Crippen molar-refractivity contribution in [1.29, 1.82) is 5.26 Å². The van der Waals surface area contributed by atoms with Gasteiger partial charge in [0.1, 0.15) is 5.75 Å². The Morgan fingerprint density at radius 2 is 1.89 bits per heavy atom. The largest absolute Gasteiger partial charge is 0.417 e. The molecule has 2 aromatic carbocycles. The summed E-state index contributed by atoms with van der Waals surface area (Å²) < 4.78 is 52.1. The lowest BCUT2D eigenvalue weighted by molar-refractivity contribution is -0.138. The molecule has 1 N–H and O–H groups in total. The van der Waals surface area contributed by atoms with E-state index in [4.69, 9.17) is 14.7 Å². The monoisotopic (exact) mass is 511 g/mol. The fourth-order valence-electron chi connectivity index (χ4n) is 7.02. The van der Waals surface area contributed by atoms with E-state index in [0.29, 0.717) is 11.8 Å². The Morgan fingerprint density at radius 3 is 2.54 bits per heavy atom. The summed E-state index contributed by atoms with van der Waals surface area (Å²) in [6, 6.07) is 12.2. The topological polar surface area (TPSA) is 109 Å². The van der Waals surface area contributed by atoms with Gasteiger partial charge in [-0.05, 0) is 44.2 Å². The molecule has 1 aliphatic carbocycles. The molecule has 2 aromatic rings. The fraction of sp³-hybridized carbons (Fsp3) is 0.385. The SMILES string of the molecule is CC12OC(C)(C[C@@H]1NC(=O)Oc1ccccc1)[C@]13C(=O)N(c4ccc(C#N)c(C(F)(F)F)c4)C(=O)[C@@H]1[C@H]23. The van der Waals surface area contributed by atoms with E-state index in [1.807, 2.05) is 0 Å². The number of nitrogens with one attached hydrogen (secondary N) is 1. The van der Waals surface area contributed by atoms with Gasteiger partial charge in [-0.1, -0.05) is 18.2 Å². The van der Waals surface area contributed by atoms with Gasteiger partial charge in [-0.15, -0.1) is 0 Å². The highest BCUT2D eigenvalue weighted by molar-refractivity contribution is 6.28. The molecule has 190 valence electrons. The van der Waals surface area contributed by atoms with Crippen molar-refractivity contribution in [2.75, 3.05) is 4.90 Å². The van der Waals surface area contributed by atoms with E-state index in [1.165, 1.54) is 12.1 Å². The average molecular weight is 511 g/mol. The van der Waals surface area contributed by atoms with E-state index in [1.54, 1.807) is 44.2 Å². The minimum Gasteiger partial charge on any atom is -0.410 e. The van der Waals surface area contributed by atoms with Crippen LogP contribution in [0.15, 0.2) is 48.5 Å². The number of carbonyl (C=O) groups is 3. The lowest BCUT2D eigenvalue weighted by atomic mass is 9.72. The van der Waals surface area contributed by atoms with Crippen LogP contribution < -0.4 is 15.0 Å². The van der Waals surface area contributed by atoms with Crippen LogP contribution in [0.25, 0.3) is 0 Å². The van der Waals surface area contributed by atoms with Crippen LogP contribution in [0.5, 0.6) is 5.75 Å². The zero-order chi connectivity index (χ0) is 26.5. The molecule has 4 aliphatic rings. The van der Waals surface area contributed by atoms with E-state index < -0.39 is 69.7 Å². The first kappa shape index (κ1) is 23.5. The van der Waals surface area contributed by atoms with Crippen LogP contribution in [-0.4, -0.2) is 35.2 Å². The first-order valence-corrected chi connectivity index (χ1v) is 11.6. The number of imide groups is 1. The van der Waals surface area contributed by atoms with Gasteiger partial charge in [-0.3, -0.25) is 9.59 Å². The molecule has 0 aromatic heterocycles. The van der Waals surface area contributed by atoms with Crippen molar-refractivity contribution in [2.45, 2.75) is 43.7 Å². The quantitative estimate of drug-likeness (QED) is 0.629. The van der Waals surface area contributed by atoms with Gasteiger partial charge in [0.15, 0.2) is 0 Å². The molecular weight excluding hydrogens is 491 g/mol. The summed E-state index contributed by atoms with van der Waals surface area (Å²) in [7, 11) is 0. The molecule has 8 nitrogen and oxygen atoms in total. The molecule has 4 fully saturated rings. The number of alkyl halides is 3. The van der Waals surface area contributed by atoms with Crippen LogP contribution in [0.2, 0.25) is 0 Å². The van der Waals surface area contributed by atoms with E-state index in [9.17, 15) is 27.6 Å². The molecule has 0 radical (unpaired) electrons. The van der Waals surface area contributed by atoms with Crippen molar-refractivity contribution >= 4 is 23.6 Å². The zero-order valence-electron chi connectivity index (χ0n) is 19.6. The summed E-state index contributed by atoms with van der Waals surface area (Å²) in [5.74, 6) is -2.21. The molecule has 37 heavy (non-hydrogen) atoms. The van der Waals surface area contributed by atoms with E-state index in [0.717, 1.165) is 11.0 Å². The second-order valence-electron chi connectivity index (χ2n) is 10.3. The third-order valence-electron chi connectivity index (χ3n) is 8.41. The highest BCUT2D eigenvalue weighted by atomic mass is 19.4. The molecular formula is C26H20F3N3O5. The molecule has 6 rings (SSSR count). The molecule has 2 unspecified atom stereocenters. The van der Waals surface area contributed by atoms with Crippen molar-refractivity contribution < 1.29 is 37.0 Å². The van der Waals surface area contributed by atoms with Gasteiger partial charge in [0.05, 0.1) is 51.5 Å². The summed E-state index contributed by atoms with van der Waals surface area (Å²) in [6.07, 6.45) is -5.32. The molecule has 3 aliphatic heterocycles. The van der Waals surface area contributed by atoms with Crippen LogP contribution in [0.1, 0.15) is 31.4 Å². The number of nitriles is 1. The number of hydrogen-bond acceptors (Lipinski definition) is 6. The Hall–Kier alpha value is -3.91. The highest BCUT2D eigenvalue weighted by Gasteiger charge is 2.96. The number of fused-ring (bicyclic) bond motifs is 4. The number of hydrogen-bond donors (Lipinski definition) is 1. The van der Waals surface area contributed by atoms with Crippen molar-refractivity contribution in [1.82, 2.24) is 5.32 Å². The number of ether oxygens (including phenoxy) is 2. The second kappa shape index (κ2) is 7.10. The van der Waals surface area contributed by atoms with Crippen LogP contribution in [-0.2, 0) is 20.5 Å². The van der Waals surface area contributed by atoms with Gasteiger partial charge in [0.2, 0.25) is 11.8 Å². The van der Waals surface area contributed by atoms with Gasteiger partial charge in [-0.2, -0.15) is 18.4 Å². The van der Waals surface area contributed by atoms with Crippen molar-refractivity contribution in [3.05, 3.63) is 59.7 Å². The van der Waals surface area contributed by atoms with Crippen LogP contribution >= 0.6 is 0 Å². The molecule has 3 heterocycles. The predicted octanol–water partition coefficient (Wildman–Crippen LogP) is 3.79. The Morgan fingerprint density at radius 1 is 1.19 bits per heavy atom. The Balaban J connectivity index is 1.28. The molecule has 3 saturated heterocycles. The minimum absolute atomic E-state index is 0.217. The fourth-order valence-corrected chi connectivity index (χ4v) is 7.02. The first-order chi connectivity index (χ1) is 17.4. The summed E-state index contributed by atoms with van der Waals surface area (Å²) in [6.45, 7) is 3.43. The first-order valence-electron chi connectivity index (χ1n) is 11.6. The maximum atomic E-state index is 13.8. The number of halogens is 3. The number of nitrogens with zero attached hydrogens (tertiary/aromatic N) is 2. The van der Waals surface area contributed by atoms with E-state index in [-0.39, 0.29) is 12.1 Å². The average Bonchev–Trinajstić information content (AvgIpc) is 3.36. The highest BCUT2D eigenvalue weighted by Crippen LogP contribution is 2.83. The lowest BCUT2D eigenvalue weighted by Crippen LogP contribution is -2.55. The Bertz CT molecular complexity index is 1420. The van der Waals surface area contributed by atoms with E-state index in [2.05, 4.69) is 5.32 Å². The maximum Gasteiger partial charge on any atom is 0.417 e. The standard InChI is InChI=1S/C26H20F3N3O5/c1-23-11-17(31-22(35)36-15-6-4-3-5-7-15)24(2,37-23)19-18-20(33)32(21(34)25(18,19)23)14-9-8-13(12-30)16(10-14)26(27,28)29/h3-10,17-19H,11H2,1-2H3,(H,31,35)/t17-,18-,19+,23?,24?,25+/m0/s1. The number of amides is 3. The van der Waals surface area contributed by atoms with Crippen LogP contribution in [0.3, 0.4) is 0 Å². The van der Waals surface area contributed by atoms with Gasteiger partial charge in [0, 0.05) is 12.3 Å². The van der Waals surface area contributed by atoms with Gasteiger partial charge >= 0.3 is 12.3 Å². The molecule has 1 spiro atoms. The third-order valence-corrected chi connectivity index (χ3v) is 8.41. The van der Waals surface area contributed by atoms with Gasteiger partial charge < -0.3 is 14.8 Å². The van der Waals surface area contributed by atoms with E-state index >= 15 is 0 Å². The van der Waals surface area contributed by atoms with Crippen LogP contribution in [0.4, 0.5) is 23.7 Å². The predicted molar refractivity (Wildman–Crippen MR) is 120 cm³/mol. The summed E-state index contributed by atoms with van der Waals surface area (Å²) in [5, 5.41) is 11.9. The summed E-state index contributed by atoms with van der Waals surface area (Å²) >= 11 is 0. The number of rotatable bonds is 3. The Labute approximate surface area is 208 Å². The van der Waals surface area contributed by atoms with Crippen molar-refractivity contribution in [3.63, 3.8) is 0 Å². The molecule has 11 heteroatoms. The molecule has 1 saturated carbocycles. The third kappa shape index (κ3) is 2.84. The summed E-state index contributed by atoms with van der Waals surface area (Å²) in [5.41, 5.74) is -5.45. The normalized spacial score (nSPS) is 35.1.